The molecule has 0 saturated carbocycles. The summed E-state index contributed by atoms with van der Waals surface area (Å²) in [7, 11) is -4.20. The van der Waals surface area contributed by atoms with Gasteiger partial charge in [0.25, 0.3) is 11.4 Å². The number of halogens is 1. The number of benzene rings is 2. The van der Waals surface area contributed by atoms with E-state index in [1.165, 1.54) is 23.0 Å². The normalized spacial score (nSPS) is 17.6. The Hall–Kier alpha value is -2.21. The highest BCUT2D eigenvalue weighted by atomic mass is 35.5. The average Bonchev–Trinajstić information content (AvgIpc) is 3.12. The van der Waals surface area contributed by atoms with Crippen molar-refractivity contribution in [2.75, 3.05) is 12.3 Å². The highest BCUT2D eigenvalue weighted by molar-refractivity contribution is 8.01. The Bertz CT molecular complexity index is 1020. The van der Waals surface area contributed by atoms with E-state index in [2.05, 4.69) is 0 Å². The van der Waals surface area contributed by atoms with E-state index in [9.17, 15) is 28.6 Å². The molecular weight excluding hydrogens is 430 g/mol. The molecule has 3 rings (SSSR count). The fourth-order valence-electron chi connectivity index (χ4n) is 2.91. The van der Waals surface area contributed by atoms with E-state index in [0.29, 0.717) is 16.3 Å². The quantitative estimate of drug-likeness (QED) is 0.506. The van der Waals surface area contributed by atoms with Crippen LogP contribution in [0.5, 0.6) is 0 Å². The zero-order valence-corrected chi connectivity index (χ0v) is 16.8. The van der Waals surface area contributed by atoms with Gasteiger partial charge in [-0.25, -0.2) is 8.42 Å². The molecule has 2 aromatic rings. The molecule has 0 aromatic heterocycles. The van der Waals surface area contributed by atoms with Crippen LogP contribution in [0.4, 0.5) is 11.4 Å². The van der Waals surface area contributed by atoms with Crippen molar-refractivity contribution in [1.29, 1.82) is 0 Å². The maximum atomic E-state index is 13.2. The first-order valence-electron chi connectivity index (χ1n) is 7.95. The highest BCUT2D eigenvalue weighted by Crippen LogP contribution is 2.43. The van der Waals surface area contributed by atoms with Gasteiger partial charge < -0.3 is 0 Å². The Labute approximate surface area is 169 Å². The first-order valence-corrected chi connectivity index (χ1v) is 10.8. The smallest absolute Gasteiger partial charge is 0.258 e. The number of hydrogen-bond donors (Lipinski definition) is 0. The molecule has 0 aliphatic carbocycles. The molecule has 12 heteroatoms. The van der Waals surface area contributed by atoms with Crippen LogP contribution in [0.2, 0.25) is 5.02 Å². The second kappa shape index (κ2) is 7.66. The van der Waals surface area contributed by atoms with Crippen LogP contribution in [0.3, 0.4) is 0 Å². The van der Waals surface area contributed by atoms with E-state index in [1.54, 1.807) is 24.3 Å². The minimum Gasteiger partial charge on any atom is -0.258 e. The molecule has 0 spiro atoms. The van der Waals surface area contributed by atoms with Crippen LogP contribution < -0.4 is 0 Å². The lowest BCUT2D eigenvalue weighted by molar-refractivity contribution is -0.395. The van der Waals surface area contributed by atoms with E-state index < -0.39 is 41.5 Å². The molecule has 1 atom stereocenters. The summed E-state index contributed by atoms with van der Waals surface area (Å²) >= 11 is 7.27. The van der Waals surface area contributed by atoms with Gasteiger partial charge in [-0.3, -0.25) is 20.2 Å². The van der Waals surface area contributed by atoms with Gasteiger partial charge in [-0.2, -0.15) is 4.31 Å². The second-order valence-corrected chi connectivity index (χ2v) is 9.51. The van der Waals surface area contributed by atoms with Crippen molar-refractivity contribution in [1.82, 2.24) is 4.31 Å². The molecule has 0 bridgehead atoms. The summed E-state index contributed by atoms with van der Waals surface area (Å²) in [5, 5.41) is 22.5. The van der Waals surface area contributed by atoms with Crippen molar-refractivity contribution in [3.05, 3.63) is 72.8 Å². The Morgan fingerprint density at radius 1 is 1.11 bits per heavy atom. The molecule has 0 radical (unpaired) electrons. The molecule has 1 heterocycles. The predicted octanol–water partition coefficient (Wildman–Crippen LogP) is 3.90. The largest absolute Gasteiger partial charge is 0.280 e. The Kier molecular flexibility index (Phi) is 5.62. The number of sulfonamides is 1. The van der Waals surface area contributed by atoms with Gasteiger partial charge in [0.1, 0.15) is 5.56 Å². The van der Waals surface area contributed by atoms with Gasteiger partial charge >= 0.3 is 0 Å². The van der Waals surface area contributed by atoms with Crippen LogP contribution in [0.15, 0.2) is 41.3 Å². The van der Waals surface area contributed by atoms with E-state index in [4.69, 9.17) is 11.6 Å². The molecule has 9 nitrogen and oxygen atoms in total. The monoisotopic (exact) mass is 443 g/mol. The van der Waals surface area contributed by atoms with Gasteiger partial charge in [0, 0.05) is 29.5 Å². The molecule has 1 aliphatic rings. The average molecular weight is 444 g/mol. The van der Waals surface area contributed by atoms with Crippen molar-refractivity contribution in [2.45, 2.75) is 17.2 Å². The van der Waals surface area contributed by atoms with E-state index in [1.807, 2.05) is 0 Å². The number of thioether (sulfide) groups is 1. The number of nitro benzene ring substituents is 2. The van der Waals surface area contributed by atoms with Crippen LogP contribution >= 0.6 is 23.4 Å². The number of nitro groups is 2. The summed E-state index contributed by atoms with van der Waals surface area (Å²) in [4.78, 5) is 20.4. The lowest BCUT2D eigenvalue weighted by atomic mass is 10.1. The summed E-state index contributed by atoms with van der Waals surface area (Å²) in [5.74, 6) is 0.516. The minimum atomic E-state index is -4.20. The molecular formula is C16H14ClN3O6S2. The molecule has 1 unspecified atom stereocenters. The van der Waals surface area contributed by atoms with Crippen LogP contribution in [0.25, 0.3) is 0 Å². The standard InChI is InChI=1S/C16H14ClN3O6S2/c1-10-14(19(21)22)8-13(9-15(10)20(23)24)28(25,26)18-6-7-27-16(18)11-2-4-12(17)5-3-11/h2-5,8-9,16H,6-7H2,1H3. The molecule has 0 N–H and O–H groups in total. The lowest BCUT2D eigenvalue weighted by Crippen LogP contribution is -2.30. The molecule has 0 amide bonds. The van der Waals surface area contributed by atoms with Gasteiger partial charge in [-0.05, 0) is 24.6 Å². The third-order valence-electron chi connectivity index (χ3n) is 4.33. The molecule has 1 fully saturated rings. The Balaban J connectivity index is 2.10. The molecule has 1 aliphatic heterocycles. The minimum absolute atomic E-state index is 0.176. The zero-order chi connectivity index (χ0) is 20.6. The van der Waals surface area contributed by atoms with Crippen molar-refractivity contribution < 1.29 is 18.3 Å². The van der Waals surface area contributed by atoms with E-state index in [0.717, 1.165) is 12.1 Å². The second-order valence-electron chi connectivity index (χ2n) is 5.99. The number of hydrogen-bond acceptors (Lipinski definition) is 7. The summed E-state index contributed by atoms with van der Waals surface area (Å²) in [6.45, 7) is 1.39. The van der Waals surface area contributed by atoms with Gasteiger partial charge in [0.15, 0.2) is 0 Å². The maximum absolute atomic E-state index is 13.2. The molecule has 148 valence electrons. The lowest BCUT2D eigenvalue weighted by Gasteiger charge is -2.23. The first-order chi connectivity index (χ1) is 13.1. The SMILES string of the molecule is Cc1c([N+](=O)[O-])cc(S(=O)(=O)N2CCSC2c2ccc(Cl)cc2)cc1[N+](=O)[O-]. The maximum Gasteiger partial charge on any atom is 0.280 e. The Morgan fingerprint density at radius 3 is 2.14 bits per heavy atom. The number of rotatable bonds is 5. The van der Waals surface area contributed by atoms with Gasteiger partial charge in [0.05, 0.1) is 20.1 Å². The van der Waals surface area contributed by atoms with Crippen LogP contribution in [-0.2, 0) is 10.0 Å². The summed E-state index contributed by atoms with van der Waals surface area (Å²) in [5.41, 5.74) is -0.712. The van der Waals surface area contributed by atoms with Crippen LogP contribution in [0.1, 0.15) is 16.5 Å². The van der Waals surface area contributed by atoms with Gasteiger partial charge in [0.2, 0.25) is 10.0 Å². The summed E-state index contributed by atoms with van der Waals surface area (Å²) in [6, 6.07) is 8.44. The van der Waals surface area contributed by atoms with Crippen LogP contribution in [-0.4, -0.2) is 34.9 Å². The molecule has 1 saturated heterocycles. The first kappa shape index (κ1) is 20.5. The highest BCUT2D eigenvalue weighted by Gasteiger charge is 2.39. The third-order valence-corrected chi connectivity index (χ3v) is 7.82. The van der Waals surface area contributed by atoms with Gasteiger partial charge in [-0.15, -0.1) is 11.8 Å². The third kappa shape index (κ3) is 3.70. The fraction of sp³-hybridized carbons (Fsp3) is 0.250. The fourth-order valence-corrected chi connectivity index (χ4v) is 6.32. The summed E-state index contributed by atoms with van der Waals surface area (Å²) in [6.07, 6.45) is 0. The molecule has 2 aromatic carbocycles. The van der Waals surface area contributed by atoms with Gasteiger partial charge in [-0.1, -0.05) is 23.7 Å². The van der Waals surface area contributed by atoms with Crippen molar-refractivity contribution >= 4 is 44.8 Å². The zero-order valence-electron chi connectivity index (χ0n) is 14.4. The topological polar surface area (TPSA) is 124 Å². The number of nitrogens with zero attached hydrogens (tertiary/aromatic N) is 3. The van der Waals surface area contributed by atoms with Crippen molar-refractivity contribution in [3.8, 4) is 0 Å². The van der Waals surface area contributed by atoms with Crippen molar-refractivity contribution in [2.24, 2.45) is 0 Å². The summed E-state index contributed by atoms with van der Waals surface area (Å²) < 4.78 is 27.6. The van der Waals surface area contributed by atoms with Crippen molar-refractivity contribution in [3.63, 3.8) is 0 Å². The van der Waals surface area contributed by atoms with Crippen LogP contribution in [0, 0.1) is 27.2 Å². The Morgan fingerprint density at radius 2 is 1.64 bits per heavy atom. The van der Waals surface area contributed by atoms with E-state index in [-0.39, 0.29) is 12.1 Å². The van der Waals surface area contributed by atoms with E-state index >= 15 is 0 Å². The molecule has 28 heavy (non-hydrogen) atoms. The predicted molar refractivity (Wildman–Crippen MR) is 105 cm³/mol.